The van der Waals surface area contributed by atoms with E-state index in [2.05, 4.69) is 56.3 Å². The molecule has 0 N–H and O–H groups in total. The Labute approximate surface area is 204 Å². The summed E-state index contributed by atoms with van der Waals surface area (Å²) in [5.74, 6) is 1.09. The van der Waals surface area contributed by atoms with Gasteiger partial charge in [-0.1, -0.05) is 42.5 Å². The van der Waals surface area contributed by atoms with Crippen LogP contribution in [0.1, 0.15) is 17.0 Å². The summed E-state index contributed by atoms with van der Waals surface area (Å²) < 4.78 is 1.76. The Balaban J connectivity index is 1.51. The average molecular weight is 462 g/mol. The molecule has 0 aliphatic heterocycles. The first kappa shape index (κ1) is 22.3. The van der Waals surface area contributed by atoms with Crippen molar-refractivity contribution in [3.05, 3.63) is 89.7 Å². The van der Waals surface area contributed by atoms with Crippen LogP contribution in [-0.4, -0.2) is 54.0 Å². The molecule has 2 heterocycles. The molecule has 0 aliphatic carbocycles. The van der Waals surface area contributed by atoms with Crippen molar-refractivity contribution < 1.29 is 0 Å². The number of rotatable bonds is 6. The third-order valence-corrected chi connectivity index (χ3v) is 5.77. The van der Waals surface area contributed by atoms with Gasteiger partial charge in [-0.2, -0.15) is 9.50 Å². The molecule has 0 amide bonds. The van der Waals surface area contributed by atoms with Crippen molar-refractivity contribution >= 4 is 52.2 Å². The molecule has 174 valence electrons. The van der Waals surface area contributed by atoms with Crippen molar-refractivity contribution in [1.82, 2.24) is 19.6 Å². The van der Waals surface area contributed by atoms with E-state index in [9.17, 15) is 0 Å². The van der Waals surface area contributed by atoms with Crippen molar-refractivity contribution in [3.63, 3.8) is 0 Å². The van der Waals surface area contributed by atoms with Crippen molar-refractivity contribution in [2.75, 3.05) is 38.0 Å². The molecule has 0 unspecified atom stereocenters. The molecule has 0 bridgehead atoms. The SMILES string of the molecule is CN(C)c1ccc(/C=N\c2nc3c4ccccc4nc(/C=C/c4ccc(N(C)C)cc4)n3n2)cc1. The summed E-state index contributed by atoms with van der Waals surface area (Å²) >= 11 is 0. The molecular weight excluding hydrogens is 434 g/mol. The van der Waals surface area contributed by atoms with Gasteiger partial charge in [0.1, 0.15) is 0 Å². The lowest BCUT2D eigenvalue weighted by atomic mass is 10.2. The predicted molar refractivity (Wildman–Crippen MR) is 146 cm³/mol. The fourth-order valence-electron chi connectivity index (χ4n) is 3.77. The first-order valence-corrected chi connectivity index (χ1v) is 11.4. The number of fused-ring (bicyclic) bond motifs is 3. The molecular formula is C28H27N7. The van der Waals surface area contributed by atoms with Crippen molar-refractivity contribution in [2.45, 2.75) is 0 Å². The van der Waals surface area contributed by atoms with Gasteiger partial charge in [0.05, 0.1) is 5.52 Å². The van der Waals surface area contributed by atoms with Gasteiger partial charge in [-0.05, 0) is 53.6 Å². The second-order valence-corrected chi connectivity index (χ2v) is 8.70. The number of hydrogen-bond donors (Lipinski definition) is 0. The van der Waals surface area contributed by atoms with Gasteiger partial charge < -0.3 is 9.80 Å². The summed E-state index contributed by atoms with van der Waals surface area (Å²) in [6.45, 7) is 0. The van der Waals surface area contributed by atoms with Crippen LogP contribution < -0.4 is 9.80 Å². The monoisotopic (exact) mass is 461 g/mol. The molecule has 35 heavy (non-hydrogen) atoms. The minimum absolute atomic E-state index is 0.393. The zero-order valence-corrected chi connectivity index (χ0v) is 20.3. The van der Waals surface area contributed by atoms with E-state index < -0.39 is 0 Å². The average Bonchev–Trinajstić information content (AvgIpc) is 3.31. The highest BCUT2D eigenvalue weighted by Gasteiger charge is 2.11. The van der Waals surface area contributed by atoms with E-state index in [1.807, 2.05) is 76.7 Å². The van der Waals surface area contributed by atoms with Gasteiger partial charge in [0.2, 0.25) is 0 Å². The standard InChI is InChI=1S/C28H27N7/c1-33(2)22-14-9-20(10-15-22)13-18-26-30-25-8-6-5-7-24(25)27-31-28(32-35(26)27)29-19-21-11-16-23(17-12-21)34(3)4/h5-19H,1-4H3/b18-13+,29-19-. The van der Waals surface area contributed by atoms with Crippen LogP contribution in [0.25, 0.3) is 28.7 Å². The molecule has 0 atom stereocenters. The van der Waals surface area contributed by atoms with E-state index >= 15 is 0 Å². The largest absolute Gasteiger partial charge is 0.378 e. The maximum atomic E-state index is 4.83. The van der Waals surface area contributed by atoms with Crippen molar-refractivity contribution in [3.8, 4) is 0 Å². The summed E-state index contributed by atoms with van der Waals surface area (Å²) in [6, 6.07) is 24.5. The smallest absolute Gasteiger partial charge is 0.269 e. The van der Waals surface area contributed by atoms with Crippen molar-refractivity contribution in [2.24, 2.45) is 4.99 Å². The molecule has 5 aromatic rings. The molecule has 0 radical (unpaired) electrons. The van der Waals surface area contributed by atoms with Crippen LogP contribution in [0.15, 0.2) is 77.8 Å². The van der Waals surface area contributed by atoms with E-state index in [1.54, 1.807) is 10.7 Å². The number of benzene rings is 3. The van der Waals surface area contributed by atoms with Gasteiger partial charge in [-0.25, -0.2) is 9.98 Å². The number of anilines is 2. The summed E-state index contributed by atoms with van der Waals surface area (Å²) in [6.07, 6.45) is 5.78. The van der Waals surface area contributed by atoms with E-state index in [0.717, 1.165) is 39.1 Å². The first-order valence-electron chi connectivity index (χ1n) is 11.4. The zero-order chi connectivity index (χ0) is 24.4. The molecule has 0 aliphatic rings. The Hall–Kier alpha value is -4.52. The minimum Gasteiger partial charge on any atom is -0.378 e. The van der Waals surface area contributed by atoms with Crippen molar-refractivity contribution in [1.29, 1.82) is 0 Å². The second kappa shape index (κ2) is 9.38. The molecule has 3 aromatic carbocycles. The highest BCUT2D eigenvalue weighted by atomic mass is 15.4. The number of para-hydroxylation sites is 1. The van der Waals surface area contributed by atoms with Gasteiger partial charge in [0, 0.05) is 51.2 Å². The van der Waals surface area contributed by atoms with Crippen LogP contribution in [0.4, 0.5) is 17.3 Å². The minimum atomic E-state index is 0.393. The predicted octanol–water partition coefficient (Wildman–Crippen LogP) is 5.33. The zero-order valence-electron chi connectivity index (χ0n) is 20.3. The fraction of sp³-hybridized carbons (Fsp3) is 0.143. The molecule has 7 heteroatoms. The molecule has 0 fully saturated rings. The quantitative estimate of drug-likeness (QED) is 0.320. The molecule has 7 nitrogen and oxygen atoms in total. The molecule has 0 saturated heterocycles. The Morgan fingerprint density at radius 2 is 1.34 bits per heavy atom. The Kier molecular flexibility index (Phi) is 5.97. The highest BCUT2D eigenvalue weighted by Crippen LogP contribution is 2.22. The van der Waals surface area contributed by atoms with Crippen LogP contribution in [0.5, 0.6) is 0 Å². The van der Waals surface area contributed by atoms with Crippen LogP contribution in [-0.2, 0) is 0 Å². The normalized spacial score (nSPS) is 11.8. The van der Waals surface area contributed by atoms with Gasteiger partial charge >= 0.3 is 0 Å². The summed E-state index contributed by atoms with van der Waals surface area (Å²) in [7, 11) is 8.11. The molecule has 0 saturated carbocycles. The van der Waals surface area contributed by atoms with E-state index in [-0.39, 0.29) is 0 Å². The third kappa shape index (κ3) is 4.75. The lowest BCUT2D eigenvalue weighted by Gasteiger charge is -2.11. The topological polar surface area (TPSA) is 61.9 Å². The second-order valence-electron chi connectivity index (χ2n) is 8.70. The highest BCUT2D eigenvalue weighted by molar-refractivity contribution is 5.92. The summed E-state index contributed by atoms with van der Waals surface area (Å²) in [5.41, 5.74) is 5.96. The summed E-state index contributed by atoms with van der Waals surface area (Å²) in [4.78, 5) is 18.2. The molecule has 0 spiro atoms. The molecule has 5 rings (SSSR count). The Bertz CT molecular complexity index is 1530. The van der Waals surface area contributed by atoms with Gasteiger partial charge in [0.15, 0.2) is 11.5 Å². The number of nitrogens with zero attached hydrogens (tertiary/aromatic N) is 7. The lowest BCUT2D eigenvalue weighted by molar-refractivity contribution is 0.918. The maximum Gasteiger partial charge on any atom is 0.269 e. The van der Waals surface area contributed by atoms with Gasteiger partial charge in [0.25, 0.3) is 5.95 Å². The number of hydrogen-bond acceptors (Lipinski definition) is 6. The summed E-state index contributed by atoms with van der Waals surface area (Å²) in [5, 5.41) is 5.59. The van der Waals surface area contributed by atoms with Crippen LogP contribution in [0.2, 0.25) is 0 Å². The van der Waals surface area contributed by atoms with E-state index in [0.29, 0.717) is 11.8 Å². The Morgan fingerprint density at radius 1 is 0.714 bits per heavy atom. The maximum absolute atomic E-state index is 4.83. The van der Waals surface area contributed by atoms with Gasteiger partial charge in [-0.3, -0.25) is 0 Å². The number of aromatic nitrogens is 4. The number of aliphatic imine (C=N–C) groups is 1. The third-order valence-electron chi connectivity index (χ3n) is 5.77. The lowest BCUT2D eigenvalue weighted by Crippen LogP contribution is -2.08. The fourth-order valence-corrected chi connectivity index (χ4v) is 3.77. The van der Waals surface area contributed by atoms with Crippen LogP contribution in [0, 0.1) is 0 Å². The van der Waals surface area contributed by atoms with Crippen LogP contribution in [0.3, 0.4) is 0 Å². The van der Waals surface area contributed by atoms with Crippen LogP contribution >= 0.6 is 0 Å². The van der Waals surface area contributed by atoms with E-state index in [1.165, 1.54) is 0 Å². The first-order chi connectivity index (χ1) is 17.0. The molecule has 2 aromatic heterocycles. The van der Waals surface area contributed by atoms with Gasteiger partial charge in [-0.15, -0.1) is 5.10 Å². The Morgan fingerprint density at radius 3 is 2.00 bits per heavy atom. The van der Waals surface area contributed by atoms with E-state index in [4.69, 9.17) is 9.97 Å².